The van der Waals surface area contributed by atoms with Crippen LogP contribution in [-0.4, -0.2) is 34.8 Å². The van der Waals surface area contributed by atoms with E-state index in [1.807, 2.05) is 18.2 Å². The number of ether oxygens (including phenoxy) is 1. The molecule has 0 N–H and O–H groups in total. The third kappa shape index (κ3) is 3.57. The summed E-state index contributed by atoms with van der Waals surface area (Å²) in [6.45, 7) is 1.50. The number of aromatic nitrogens is 2. The van der Waals surface area contributed by atoms with Crippen LogP contribution in [0.25, 0.3) is 10.8 Å². The maximum Gasteiger partial charge on any atom is 0.360 e. The lowest BCUT2D eigenvalue weighted by molar-refractivity contribution is -0.126. The average Bonchev–Trinajstić information content (AvgIpc) is 2.70. The fraction of sp³-hybridized carbons (Fsp3) is 0.200. The Bertz CT molecular complexity index is 1060. The van der Waals surface area contributed by atoms with E-state index in [0.29, 0.717) is 16.5 Å². The van der Waals surface area contributed by atoms with E-state index in [1.54, 1.807) is 43.4 Å². The van der Waals surface area contributed by atoms with Gasteiger partial charge in [0.2, 0.25) is 0 Å². The highest BCUT2D eigenvalue weighted by Crippen LogP contribution is 2.17. The number of fused-ring (bicyclic) bond motifs is 1. The van der Waals surface area contributed by atoms with Gasteiger partial charge in [-0.05, 0) is 25.1 Å². The molecule has 0 aliphatic carbocycles. The number of hydrogen-bond acceptors (Lipinski definition) is 5. The zero-order valence-electron chi connectivity index (χ0n) is 15.2. The third-order valence-corrected chi connectivity index (χ3v) is 4.26. The second-order valence-electron chi connectivity index (χ2n) is 6.10. The number of hydrogen-bond donors (Lipinski definition) is 0. The van der Waals surface area contributed by atoms with Crippen LogP contribution in [0.4, 0.5) is 5.69 Å². The van der Waals surface area contributed by atoms with Gasteiger partial charge in [0, 0.05) is 25.2 Å². The van der Waals surface area contributed by atoms with Crippen LogP contribution in [0.15, 0.2) is 59.4 Å². The van der Waals surface area contributed by atoms with Crippen molar-refractivity contribution in [3.63, 3.8) is 0 Å². The third-order valence-electron chi connectivity index (χ3n) is 4.26. The van der Waals surface area contributed by atoms with Gasteiger partial charge in [-0.15, -0.1) is 0 Å². The van der Waals surface area contributed by atoms with E-state index < -0.39 is 12.1 Å². The average molecular weight is 365 g/mol. The minimum atomic E-state index is -1.01. The van der Waals surface area contributed by atoms with Crippen molar-refractivity contribution in [1.29, 1.82) is 0 Å². The summed E-state index contributed by atoms with van der Waals surface area (Å²) in [7, 11) is 3.07. The van der Waals surface area contributed by atoms with Crippen molar-refractivity contribution in [3.05, 3.63) is 70.6 Å². The van der Waals surface area contributed by atoms with Gasteiger partial charge in [0.15, 0.2) is 11.8 Å². The van der Waals surface area contributed by atoms with Crippen LogP contribution < -0.4 is 10.5 Å². The van der Waals surface area contributed by atoms with Gasteiger partial charge in [-0.2, -0.15) is 5.10 Å². The van der Waals surface area contributed by atoms with E-state index in [-0.39, 0.29) is 17.2 Å². The molecule has 0 fully saturated rings. The number of para-hydroxylation sites is 1. The van der Waals surface area contributed by atoms with Crippen LogP contribution >= 0.6 is 0 Å². The van der Waals surface area contributed by atoms with Crippen molar-refractivity contribution >= 4 is 28.3 Å². The second kappa shape index (κ2) is 7.41. The molecular formula is C20H19N3O4. The van der Waals surface area contributed by atoms with Gasteiger partial charge in [0.1, 0.15) is 0 Å². The first-order valence-corrected chi connectivity index (χ1v) is 8.40. The van der Waals surface area contributed by atoms with Crippen LogP contribution in [-0.2, 0) is 16.6 Å². The standard InChI is InChI=1S/C20H19N3O4/c1-13(18(24)22(2)14-9-5-4-6-10-14)27-20(26)17-15-11-7-8-12-16(15)19(25)23(3)21-17/h4-13H,1-3H3/t13-/m0/s1. The number of rotatable bonds is 4. The van der Waals surface area contributed by atoms with Gasteiger partial charge in [0.25, 0.3) is 11.5 Å². The Labute approximate surface area is 155 Å². The molecule has 0 saturated carbocycles. The van der Waals surface area contributed by atoms with Crippen molar-refractivity contribution in [2.75, 3.05) is 11.9 Å². The molecule has 1 amide bonds. The number of anilines is 1. The molecule has 27 heavy (non-hydrogen) atoms. The number of aryl methyl sites for hydroxylation is 1. The molecule has 7 nitrogen and oxygen atoms in total. The Morgan fingerprint density at radius 1 is 1.04 bits per heavy atom. The molecule has 1 heterocycles. The number of nitrogens with zero attached hydrogens (tertiary/aromatic N) is 3. The van der Waals surface area contributed by atoms with Crippen LogP contribution in [0, 0.1) is 0 Å². The fourth-order valence-corrected chi connectivity index (χ4v) is 2.77. The second-order valence-corrected chi connectivity index (χ2v) is 6.10. The molecular weight excluding hydrogens is 346 g/mol. The van der Waals surface area contributed by atoms with Gasteiger partial charge in [-0.1, -0.05) is 36.4 Å². The topological polar surface area (TPSA) is 81.5 Å². The van der Waals surface area contributed by atoms with Gasteiger partial charge < -0.3 is 9.64 Å². The van der Waals surface area contributed by atoms with E-state index in [0.717, 1.165) is 4.68 Å². The quantitative estimate of drug-likeness (QED) is 0.662. The number of likely N-dealkylation sites (N-methyl/N-ethyl adjacent to an activating group) is 1. The molecule has 0 aliphatic heterocycles. The molecule has 1 atom stereocenters. The van der Waals surface area contributed by atoms with Crippen LogP contribution in [0.2, 0.25) is 0 Å². The largest absolute Gasteiger partial charge is 0.448 e. The van der Waals surface area contributed by atoms with E-state index in [9.17, 15) is 14.4 Å². The number of amides is 1. The van der Waals surface area contributed by atoms with Gasteiger partial charge >= 0.3 is 5.97 Å². The SMILES string of the molecule is C[C@H](OC(=O)c1nn(C)c(=O)c2ccccc12)C(=O)N(C)c1ccccc1. The van der Waals surface area contributed by atoms with Crippen LogP contribution in [0.1, 0.15) is 17.4 Å². The molecule has 3 rings (SSSR count). The lowest BCUT2D eigenvalue weighted by Crippen LogP contribution is -2.38. The molecule has 0 bridgehead atoms. The van der Waals surface area contributed by atoms with Crippen LogP contribution in [0.3, 0.4) is 0 Å². The summed E-state index contributed by atoms with van der Waals surface area (Å²) in [6, 6.07) is 15.7. The number of benzene rings is 2. The monoisotopic (exact) mass is 365 g/mol. The highest BCUT2D eigenvalue weighted by molar-refractivity contribution is 6.04. The van der Waals surface area contributed by atoms with Crippen molar-refractivity contribution < 1.29 is 14.3 Å². The van der Waals surface area contributed by atoms with Crippen molar-refractivity contribution in [2.24, 2.45) is 7.05 Å². The van der Waals surface area contributed by atoms with Gasteiger partial charge in [-0.3, -0.25) is 9.59 Å². The first kappa shape index (κ1) is 18.3. The van der Waals surface area contributed by atoms with Gasteiger partial charge in [-0.25, -0.2) is 9.48 Å². The fourth-order valence-electron chi connectivity index (χ4n) is 2.77. The van der Waals surface area contributed by atoms with E-state index in [2.05, 4.69) is 5.10 Å². The molecule has 0 radical (unpaired) electrons. The van der Waals surface area contributed by atoms with Crippen molar-refractivity contribution in [2.45, 2.75) is 13.0 Å². The highest BCUT2D eigenvalue weighted by atomic mass is 16.5. The summed E-state index contributed by atoms with van der Waals surface area (Å²) in [4.78, 5) is 38.8. The molecule has 0 spiro atoms. The molecule has 2 aromatic carbocycles. The predicted octanol–water partition coefficient (Wildman–Crippen LogP) is 2.14. The summed E-state index contributed by atoms with van der Waals surface area (Å²) in [5.74, 6) is -1.13. The minimum absolute atomic E-state index is 0.00489. The molecule has 0 aliphatic rings. The minimum Gasteiger partial charge on any atom is -0.448 e. The smallest absolute Gasteiger partial charge is 0.360 e. The zero-order chi connectivity index (χ0) is 19.6. The van der Waals surface area contributed by atoms with E-state index in [1.165, 1.54) is 18.9 Å². The summed E-state index contributed by atoms with van der Waals surface area (Å²) in [5, 5.41) is 4.77. The number of carbonyl (C=O) groups is 2. The molecule has 1 aromatic heterocycles. The highest BCUT2D eigenvalue weighted by Gasteiger charge is 2.25. The maximum atomic E-state index is 12.6. The normalized spacial score (nSPS) is 11.8. The van der Waals surface area contributed by atoms with Gasteiger partial charge in [0.05, 0.1) is 5.39 Å². The summed E-state index contributed by atoms with van der Waals surface area (Å²) >= 11 is 0. The lowest BCUT2D eigenvalue weighted by Gasteiger charge is -2.21. The number of carbonyl (C=O) groups excluding carboxylic acids is 2. The maximum absolute atomic E-state index is 12.6. The Morgan fingerprint density at radius 3 is 2.30 bits per heavy atom. The Kier molecular flexibility index (Phi) is 5.03. The molecule has 3 aromatic rings. The lowest BCUT2D eigenvalue weighted by atomic mass is 10.1. The Balaban J connectivity index is 1.85. The van der Waals surface area contributed by atoms with Crippen molar-refractivity contribution in [3.8, 4) is 0 Å². The first-order chi connectivity index (χ1) is 12.9. The molecule has 138 valence electrons. The molecule has 7 heteroatoms. The predicted molar refractivity (Wildman–Crippen MR) is 102 cm³/mol. The Morgan fingerprint density at radius 2 is 1.63 bits per heavy atom. The van der Waals surface area contributed by atoms with E-state index in [4.69, 9.17) is 4.74 Å². The van der Waals surface area contributed by atoms with Crippen molar-refractivity contribution in [1.82, 2.24) is 9.78 Å². The van der Waals surface area contributed by atoms with E-state index >= 15 is 0 Å². The summed E-state index contributed by atoms with van der Waals surface area (Å²) < 4.78 is 6.42. The Hall–Kier alpha value is -3.48. The summed E-state index contributed by atoms with van der Waals surface area (Å²) in [5.41, 5.74) is 0.376. The molecule has 0 saturated heterocycles. The molecule has 0 unspecified atom stereocenters. The van der Waals surface area contributed by atoms with Crippen LogP contribution in [0.5, 0.6) is 0 Å². The summed E-state index contributed by atoms with van der Waals surface area (Å²) in [6.07, 6.45) is -1.01. The zero-order valence-corrected chi connectivity index (χ0v) is 15.2. The first-order valence-electron chi connectivity index (χ1n) is 8.40. The number of esters is 1.